The molecule has 0 spiro atoms. The summed E-state index contributed by atoms with van der Waals surface area (Å²) in [5.41, 5.74) is 0.964. The van der Waals surface area contributed by atoms with Crippen molar-refractivity contribution < 1.29 is 4.79 Å². The molecule has 0 aliphatic rings. The van der Waals surface area contributed by atoms with Crippen LogP contribution >= 0.6 is 23.2 Å². The highest BCUT2D eigenvalue weighted by Crippen LogP contribution is 2.28. The summed E-state index contributed by atoms with van der Waals surface area (Å²) in [6.45, 7) is 6.23. The third kappa shape index (κ3) is 5.01. The molecule has 19 heavy (non-hydrogen) atoms. The maximum Gasteiger partial charge on any atom is 0.234 e. The topological polar surface area (TPSA) is 32.3 Å². The van der Waals surface area contributed by atoms with Crippen molar-refractivity contribution in [1.82, 2.24) is 10.2 Å². The lowest BCUT2D eigenvalue weighted by molar-refractivity contribution is -0.122. The van der Waals surface area contributed by atoms with Gasteiger partial charge in [-0.2, -0.15) is 0 Å². The second-order valence-electron chi connectivity index (χ2n) is 4.98. The van der Waals surface area contributed by atoms with Crippen molar-refractivity contribution in [1.29, 1.82) is 0 Å². The molecule has 0 saturated carbocycles. The van der Waals surface area contributed by atoms with Crippen LogP contribution in [0.1, 0.15) is 32.4 Å². The molecule has 106 valence electrons. The number of nitrogens with one attached hydrogen (secondary N) is 1. The number of carbonyl (C=O) groups is 1. The molecule has 0 radical (unpaired) electrons. The highest BCUT2D eigenvalue weighted by atomic mass is 35.5. The van der Waals surface area contributed by atoms with E-state index in [-0.39, 0.29) is 18.0 Å². The first-order chi connectivity index (χ1) is 8.81. The molecule has 1 rings (SSSR count). The molecule has 0 aromatic heterocycles. The number of likely N-dealkylation sites (N-methyl/N-ethyl adjacent to an activating group) is 1. The SMILES string of the molecule is CC(C)NC(=O)CN(C)C(C)c1ccc(Cl)cc1Cl. The monoisotopic (exact) mass is 302 g/mol. The van der Waals surface area contributed by atoms with Gasteiger partial charge in [0, 0.05) is 22.1 Å². The maximum absolute atomic E-state index is 11.7. The number of halogens is 2. The highest BCUT2D eigenvalue weighted by Gasteiger charge is 2.17. The summed E-state index contributed by atoms with van der Waals surface area (Å²) in [6.07, 6.45) is 0. The van der Waals surface area contributed by atoms with E-state index in [2.05, 4.69) is 5.32 Å². The molecular formula is C14H20Cl2N2O. The number of carbonyl (C=O) groups excluding carboxylic acids is 1. The van der Waals surface area contributed by atoms with E-state index in [1.54, 1.807) is 12.1 Å². The lowest BCUT2D eigenvalue weighted by Gasteiger charge is -2.25. The first kappa shape index (κ1) is 16.3. The van der Waals surface area contributed by atoms with Gasteiger partial charge in [-0.15, -0.1) is 0 Å². The normalized spacial score (nSPS) is 12.8. The summed E-state index contributed by atoms with van der Waals surface area (Å²) >= 11 is 12.1. The van der Waals surface area contributed by atoms with Crippen LogP contribution in [0, 0.1) is 0 Å². The van der Waals surface area contributed by atoms with Gasteiger partial charge in [-0.3, -0.25) is 9.69 Å². The Hall–Kier alpha value is -0.770. The molecular weight excluding hydrogens is 283 g/mol. The van der Waals surface area contributed by atoms with Crippen LogP contribution in [-0.4, -0.2) is 30.4 Å². The van der Waals surface area contributed by atoms with Crippen LogP contribution in [0.4, 0.5) is 0 Å². The number of hydrogen-bond donors (Lipinski definition) is 1. The fourth-order valence-electron chi connectivity index (χ4n) is 1.81. The third-order valence-electron chi connectivity index (χ3n) is 2.92. The number of hydrogen-bond acceptors (Lipinski definition) is 2. The molecule has 0 aliphatic heterocycles. The lowest BCUT2D eigenvalue weighted by atomic mass is 10.1. The Kier molecular flexibility index (Phi) is 6.11. The minimum absolute atomic E-state index is 0.00874. The van der Waals surface area contributed by atoms with Crippen LogP contribution in [0.5, 0.6) is 0 Å². The Balaban J connectivity index is 2.71. The number of benzene rings is 1. The largest absolute Gasteiger partial charge is 0.353 e. The molecule has 1 aromatic rings. The predicted molar refractivity (Wildman–Crippen MR) is 80.8 cm³/mol. The standard InChI is InChI=1S/C14H20Cl2N2O/c1-9(2)17-14(19)8-18(4)10(3)12-6-5-11(15)7-13(12)16/h5-7,9-10H,8H2,1-4H3,(H,17,19). The minimum atomic E-state index is 0.00874. The average molecular weight is 303 g/mol. The number of nitrogens with zero attached hydrogens (tertiary/aromatic N) is 1. The molecule has 1 aromatic carbocycles. The summed E-state index contributed by atoms with van der Waals surface area (Å²) < 4.78 is 0. The highest BCUT2D eigenvalue weighted by molar-refractivity contribution is 6.35. The van der Waals surface area contributed by atoms with E-state index in [9.17, 15) is 4.79 Å². The van der Waals surface area contributed by atoms with Gasteiger partial charge in [0.05, 0.1) is 6.54 Å². The van der Waals surface area contributed by atoms with E-state index < -0.39 is 0 Å². The Morgan fingerprint density at radius 1 is 1.32 bits per heavy atom. The zero-order chi connectivity index (χ0) is 14.6. The van der Waals surface area contributed by atoms with Crippen molar-refractivity contribution in [2.45, 2.75) is 32.9 Å². The smallest absolute Gasteiger partial charge is 0.234 e. The van der Waals surface area contributed by atoms with Gasteiger partial charge in [-0.25, -0.2) is 0 Å². The Labute approximate surface area is 124 Å². The zero-order valence-corrected chi connectivity index (χ0v) is 13.2. The number of rotatable bonds is 5. The van der Waals surface area contributed by atoms with E-state index in [1.165, 1.54) is 0 Å². The van der Waals surface area contributed by atoms with Crippen molar-refractivity contribution in [3.05, 3.63) is 33.8 Å². The predicted octanol–water partition coefficient (Wildman–Crippen LogP) is 3.51. The quantitative estimate of drug-likeness (QED) is 0.903. The van der Waals surface area contributed by atoms with Crippen LogP contribution in [0.25, 0.3) is 0 Å². The van der Waals surface area contributed by atoms with Crippen molar-refractivity contribution in [3.63, 3.8) is 0 Å². The van der Waals surface area contributed by atoms with Gasteiger partial charge >= 0.3 is 0 Å². The fraction of sp³-hybridized carbons (Fsp3) is 0.500. The van der Waals surface area contributed by atoms with Gasteiger partial charge in [-0.1, -0.05) is 29.3 Å². The van der Waals surface area contributed by atoms with E-state index in [0.29, 0.717) is 16.6 Å². The first-order valence-corrected chi connectivity index (χ1v) is 7.01. The fourth-order valence-corrected chi connectivity index (χ4v) is 2.38. The van der Waals surface area contributed by atoms with E-state index in [1.807, 2.05) is 38.8 Å². The molecule has 1 atom stereocenters. The van der Waals surface area contributed by atoms with Gasteiger partial charge in [-0.05, 0) is 45.5 Å². The molecule has 0 bridgehead atoms. The molecule has 1 unspecified atom stereocenters. The van der Waals surface area contributed by atoms with Crippen LogP contribution in [0.2, 0.25) is 10.0 Å². The van der Waals surface area contributed by atoms with Crippen molar-refractivity contribution in [2.24, 2.45) is 0 Å². The molecule has 5 heteroatoms. The van der Waals surface area contributed by atoms with Crippen LogP contribution < -0.4 is 5.32 Å². The maximum atomic E-state index is 11.7. The van der Waals surface area contributed by atoms with Gasteiger partial charge in [0.25, 0.3) is 0 Å². The van der Waals surface area contributed by atoms with Gasteiger partial charge < -0.3 is 5.32 Å². The zero-order valence-electron chi connectivity index (χ0n) is 11.7. The van der Waals surface area contributed by atoms with E-state index in [4.69, 9.17) is 23.2 Å². The van der Waals surface area contributed by atoms with E-state index >= 15 is 0 Å². The molecule has 0 heterocycles. The summed E-state index contributed by atoms with van der Waals surface area (Å²) in [4.78, 5) is 13.7. The van der Waals surface area contributed by atoms with Crippen LogP contribution in [0.3, 0.4) is 0 Å². The second kappa shape index (κ2) is 7.13. The van der Waals surface area contributed by atoms with Crippen molar-refractivity contribution in [3.8, 4) is 0 Å². The van der Waals surface area contributed by atoms with Gasteiger partial charge in [0.2, 0.25) is 5.91 Å². The summed E-state index contributed by atoms with van der Waals surface area (Å²) in [7, 11) is 1.90. The molecule has 1 amide bonds. The molecule has 3 nitrogen and oxygen atoms in total. The van der Waals surface area contributed by atoms with Crippen molar-refractivity contribution >= 4 is 29.1 Å². The van der Waals surface area contributed by atoms with E-state index in [0.717, 1.165) is 5.56 Å². The molecule has 1 N–H and O–H groups in total. The van der Waals surface area contributed by atoms with Gasteiger partial charge in [0.15, 0.2) is 0 Å². The lowest BCUT2D eigenvalue weighted by Crippen LogP contribution is -2.39. The first-order valence-electron chi connectivity index (χ1n) is 6.25. The molecule has 0 saturated heterocycles. The Morgan fingerprint density at radius 3 is 2.47 bits per heavy atom. The Bertz CT molecular complexity index is 449. The van der Waals surface area contributed by atoms with Crippen molar-refractivity contribution in [2.75, 3.05) is 13.6 Å². The third-order valence-corrected chi connectivity index (χ3v) is 3.48. The summed E-state index contributed by atoms with van der Waals surface area (Å²) in [5, 5.41) is 4.10. The molecule has 0 aliphatic carbocycles. The molecule has 0 fully saturated rings. The Morgan fingerprint density at radius 2 is 1.95 bits per heavy atom. The number of amides is 1. The summed E-state index contributed by atoms with van der Waals surface area (Å²) in [5.74, 6) is 0.00874. The van der Waals surface area contributed by atoms with Crippen LogP contribution in [0.15, 0.2) is 18.2 Å². The minimum Gasteiger partial charge on any atom is -0.353 e. The second-order valence-corrected chi connectivity index (χ2v) is 5.82. The van der Waals surface area contributed by atoms with Gasteiger partial charge in [0.1, 0.15) is 0 Å². The summed E-state index contributed by atoms with van der Waals surface area (Å²) in [6, 6.07) is 5.61. The van der Waals surface area contributed by atoms with Crippen LogP contribution in [-0.2, 0) is 4.79 Å². The average Bonchev–Trinajstić information content (AvgIpc) is 2.26.